The van der Waals surface area contributed by atoms with E-state index < -0.39 is 0 Å². The smallest absolute Gasteiger partial charge is 0.160 e. The summed E-state index contributed by atoms with van der Waals surface area (Å²) in [4.78, 5) is 0. The van der Waals surface area contributed by atoms with Gasteiger partial charge in [0.15, 0.2) is 5.65 Å². The van der Waals surface area contributed by atoms with Crippen molar-refractivity contribution in [3.8, 4) is 0 Å². The molecule has 2 N–H and O–H groups in total. The molecule has 0 aliphatic rings. The highest BCUT2D eigenvalue weighted by Crippen LogP contribution is 2.13. The van der Waals surface area contributed by atoms with Crippen molar-refractivity contribution in [3.05, 3.63) is 46.5 Å². The highest BCUT2D eigenvalue weighted by Gasteiger charge is 2.06. The molecule has 3 aromatic heterocycles. The molecule has 0 aromatic carbocycles. The first-order valence-electron chi connectivity index (χ1n) is 4.93. The van der Waals surface area contributed by atoms with E-state index in [1.165, 1.54) is 5.56 Å². The lowest BCUT2D eigenvalue weighted by Gasteiger charge is -1.99. The zero-order valence-corrected chi connectivity index (χ0v) is 9.31. The Balaban J connectivity index is 2.07. The molecule has 16 heavy (non-hydrogen) atoms. The molecule has 0 saturated carbocycles. The van der Waals surface area contributed by atoms with Crippen LogP contribution in [0.15, 0.2) is 35.2 Å². The molecule has 0 bridgehead atoms. The van der Waals surface area contributed by atoms with Gasteiger partial charge in [0, 0.05) is 18.3 Å². The van der Waals surface area contributed by atoms with E-state index in [0.29, 0.717) is 0 Å². The Morgan fingerprint density at radius 2 is 2.19 bits per heavy atom. The lowest BCUT2D eigenvalue weighted by atomic mass is 10.2. The van der Waals surface area contributed by atoms with Gasteiger partial charge >= 0.3 is 0 Å². The minimum atomic E-state index is 0.721. The van der Waals surface area contributed by atoms with Crippen LogP contribution < -0.4 is 5.73 Å². The lowest BCUT2D eigenvalue weighted by molar-refractivity contribution is 0.938. The predicted octanol–water partition coefficient (Wildman–Crippen LogP) is 1.96. The number of anilines is 1. The maximum absolute atomic E-state index is 5.75. The third-order valence-corrected chi connectivity index (χ3v) is 3.17. The van der Waals surface area contributed by atoms with Crippen LogP contribution >= 0.6 is 11.3 Å². The van der Waals surface area contributed by atoms with E-state index >= 15 is 0 Å². The Kier molecular flexibility index (Phi) is 2.11. The van der Waals surface area contributed by atoms with Crippen LogP contribution in [-0.4, -0.2) is 14.6 Å². The van der Waals surface area contributed by atoms with Gasteiger partial charge in [0.1, 0.15) is 5.82 Å². The molecule has 0 amide bonds. The van der Waals surface area contributed by atoms with E-state index in [2.05, 4.69) is 27.0 Å². The van der Waals surface area contributed by atoms with Crippen molar-refractivity contribution in [2.24, 2.45) is 0 Å². The molecule has 5 heteroatoms. The fraction of sp³-hybridized carbons (Fsp3) is 0.0909. The Hall–Kier alpha value is -1.88. The Morgan fingerprint density at radius 1 is 1.25 bits per heavy atom. The first-order valence-corrected chi connectivity index (χ1v) is 5.87. The summed E-state index contributed by atoms with van der Waals surface area (Å²) in [7, 11) is 0. The van der Waals surface area contributed by atoms with Gasteiger partial charge < -0.3 is 5.73 Å². The predicted molar refractivity (Wildman–Crippen MR) is 64.5 cm³/mol. The van der Waals surface area contributed by atoms with E-state index in [-0.39, 0.29) is 0 Å². The van der Waals surface area contributed by atoms with Crippen LogP contribution in [0.1, 0.15) is 11.4 Å². The third-order valence-electron chi connectivity index (χ3n) is 2.44. The number of nitrogen functional groups attached to an aromatic ring is 1. The minimum Gasteiger partial charge on any atom is -0.398 e. The average Bonchev–Trinajstić information content (AvgIpc) is 2.90. The Morgan fingerprint density at radius 3 is 3.00 bits per heavy atom. The molecule has 3 rings (SSSR count). The number of hydrogen-bond acceptors (Lipinski definition) is 4. The summed E-state index contributed by atoms with van der Waals surface area (Å²) in [5, 5.41) is 12.5. The monoisotopic (exact) mass is 230 g/mol. The number of pyridine rings is 1. The van der Waals surface area contributed by atoms with Crippen molar-refractivity contribution >= 4 is 22.7 Å². The highest BCUT2D eigenvalue weighted by atomic mass is 32.1. The average molecular weight is 230 g/mol. The molecule has 0 radical (unpaired) electrons. The van der Waals surface area contributed by atoms with Crippen LogP contribution in [0.3, 0.4) is 0 Å². The molecule has 3 heterocycles. The summed E-state index contributed by atoms with van der Waals surface area (Å²) in [5.41, 5.74) is 8.56. The van der Waals surface area contributed by atoms with Crippen LogP contribution in [0.2, 0.25) is 0 Å². The molecule has 3 aromatic rings. The van der Waals surface area contributed by atoms with Crippen molar-refractivity contribution < 1.29 is 0 Å². The van der Waals surface area contributed by atoms with E-state index in [1.54, 1.807) is 11.3 Å². The summed E-state index contributed by atoms with van der Waals surface area (Å²) < 4.78 is 1.94. The topological polar surface area (TPSA) is 56.2 Å². The second-order valence-corrected chi connectivity index (χ2v) is 4.40. The van der Waals surface area contributed by atoms with Gasteiger partial charge in [-0.2, -0.15) is 11.3 Å². The molecule has 0 aliphatic carbocycles. The van der Waals surface area contributed by atoms with E-state index in [9.17, 15) is 0 Å². The van der Waals surface area contributed by atoms with Gasteiger partial charge in [0.25, 0.3) is 0 Å². The van der Waals surface area contributed by atoms with Crippen LogP contribution in [-0.2, 0) is 6.42 Å². The van der Waals surface area contributed by atoms with Gasteiger partial charge in [0.2, 0.25) is 0 Å². The van der Waals surface area contributed by atoms with Crippen molar-refractivity contribution in [2.45, 2.75) is 6.42 Å². The third kappa shape index (κ3) is 1.55. The van der Waals surface area contributed by atoms with Crippen LogP contribution in [0, 0.1) is 0 Å². The van der Waals surface area contributed by atoms with Gasteiger partial charge in [-0.3, -0.25) is 4.40 Å². The van der Waals surface area contributed by atoms with Gasteiger partial charge in [-0.05, 0) is 34.5 Å². The van der Waals surface area contributed by atoms with Gasteiger partial charge in [-0.25, -0.2) is 0 Å². The number of rotatable bonds is 2. The molecular weight excluding hydrogens is 220 g/mol. The zero-order valence-electron chi connectivity index (χ0n) is 8.50. The molecule has 0 saturated heterocycles. The molecule has 4 nitrogen and oxygen atoms in total. The number of hydrogen-bond donors (Lipinski definition) is 1. The standard InChI is InChI=1S/C11H10N4S/c12-9-1-2-10-13-14-11(15(10)6-9)5-8-3-4-16-7-8/h1-4,6-7H,5,12H2. The summed E-state index contributed by atoms with van der Waals surface area (Å²) >= 11 is 1.69. The highest BCUT2D eigenvalue weighted by molar-refractivity contribution is 7.07. The van der Waals surface area contributed by atoms with Crippen molar-refractivity contribution in [1.29, 1.82) is 0 Å². The minimum absolute atomic E-state index is 0.721. The van der Waals surface area contributed by atoms with Crippen molar-refractivity contribution in [1.82, 2.24) is 14.6 Å². The molecule has 0 fully saturated rings. The Labute approximate surface area is 96.4 Å². The number of fused-ring (bicyclic) bond motifs is 1. The molecule has 0 spiro atoms. The zero-order chi connectivity index (χ0) is 11.0. The maximum Gasteiger partial charge on any atom is 0.160 e. The number of aromatic nitrogens is 3. The lowest BCUT2D eigenvalue weighted by Crippen LogP contribution is -1.97. The fourth-order valence-electron chi connectivity index (χ4n) is 1.65. The van der Waals surface area contributed by atoms with Gasteiger partial charge in [0.05, 0.1) is 0 Å². The van der Waals surface area contributed by atoms with E-state index in [1.807, 2.05) is 22.7 Å². The summed E-state index contributed by atoms with van der Waals surface area (Å²) in [6.07, 6.45) is 2.64. The normalized spacial score (nSPS) is 11.0. The molecule has 80 valence electrons. The number of thiophene rings is 1. The summed E-state index contributed by atoms with van der Waals surface area (Å²) in [6.45, 7) is 0. The van der Waals surface area contributed by atoms with Crippen LogP contribution in [0.25, 0.3) is 5.65 Å². The van der Waals surface area contributed by atoms with Crippen LogP contribution in [0.5, 0.6) is 0 Å². The van der Waals surface area contributed by atoms with E-state index in [0.717, 1.165) is 23.6 Å². The Bertz CT molecular complexity index is 612. The van der Waals surface area contributed by atoms with Gasteiger partial charge in [-0.1, -0.05) is 0 Å². The van der Waals surface area contributed by atoms with E-state index in [4.69, 9.17) is 5.73 Å². The van der Waals surface area contributed by atoms with Crippen LogP contribution in [0.4, 0.5) is 5.69 Å². The molecule has 0 unspecified atom stereocenters. The van der Waals surface area contributed by atoms with Crippen molar-refractivity contribution in [2.75, 3.05) is 5.73 Å². The largest absolute Gasteiger partial charge is 0.398 e. The van der Waals surface area contributed by atoms with Gasteiger partial charge in [-0.15, -0.1) is 10.2 Å². The second-order valence-electron chi connectivity index (χ2n) is 3.62. The number of nitrogens with zero attached hydrogens (tertiary/aromatic N) is 3. The second kappa shape index (κ2) is 3.61. The SMILES string of the molecule is Nc1ccc2nnc(Cc3ccsc3)n2c1. The maximum atomic E-state index is 5.75. The van der Waals surface area contributed by atoms with Crippen molar-refractivity contribution in [3.63, 3.8) is 0 Å². The quantitative estimate of drug-likeness (QED) is 0.732. The first kappa shape index (κ1) is 9.35. The fourth-order valence-corrected chi connectivity index (χ4v) is 2.32. The summed E-state index contributed by atoms with van der Waals surface area (Å²) in [5.74, 6) is 0.917. The number of nitrogens with two attached hydrogens (primary N) is 1. The molecule has 0 atom stereocenters. The molecule has 0 aliphatic heterocycles. The molecular formula is C11H10N4S. The summed E-state index contributed by atoms with van der Waals surface area (Å²) in [6, 6.07) is 5.80. The first-order chi connectivity index (χ1) is 7.83.